The number of hydrogen-bond donors (Lipinski definition) is 0. The van der Waals surface area contributed by atoms with Gasteiger partial charge in [0.2, 0.25) is 0 Å². The second-order valence-corrected chi connectivity index (χ2v) is 13.0. The van der Waals surface area contributed by atoms with E-state index in [1.807, 2.05) is 23.1 Å². The van der Waals surface area contributed by atoms with Crippen LogP contribution in [0.2, 0.25) is 0 Å². The van der Waals surface area contributed by atoms with Gasteiger partial charge in [-0.3, -0.25) is 14.6 Å². The number of anilines is 1. The first-order chi connectivity index (χ1) is 15.2. The lowest BCUT2D eigenvalue weighted by Crippen LogP contribution is -2.45. The van der Waals surface area contributed by atoms with Crippen molar-refractivity contribution in [2.24, 2.45) is 5.41 Å². The van der Waals surface area contributed by atoms with Crippen LogP contribution in [0.4, 0.5) is 10.6 Å². The summed E-state index contributed by atoms with van der Waals surface area (Å²) in [5, 5.41) is 5.64. The summed E-state index contributed by atoms with van der Waals surface area (Å²) in [6, 6.07) is 1.96. The summed E-state index contributed by atoms with van der Waals surface area (Å²) in [6.07, 6.45) is 11.6. The smallest absolute Gasteiger partial charge is 0.416 e. The Balaban J connectivity index is 1.36. The molecule has 2 atom stereocenters. The number of hydrogen-bond acceptors (Lipinski definition) is 7. The van der Waals surface area contributed by atoms with Crippen molar-refractivity contribution in [1.29, 1.82) is 0 Å². The molecule has 3 aromatic heterocycles. The quantitative estimate of drug-likeness (QED) is 0.556. The molecule has 0 N–H and O–H groups in total. The predicted molar refractivity (Wildman–Crippen MR) is 122 cm³/mol. The van der Waals surface area contributed by atoms with Gasteiger partial charge in [-0.15, -0.1) is 0 Å². The highest BCUT2D eigenvalue weighted by molar-refractivity contribution is 7.69. The average Bonchev–Trinajstić information content (AvgIpc) is 3.28. The minimum absolute atomic E-state index is 0.0735. The molecule has 168 valence electrons. The Morgan fingerprint density at radius 3 is 2.75 bits per heavy atom. The summed E-state index contributed by atoms with van der Waals surface area (Å²) in [5.74, 6) is 0.431. The zero-order valence-electron chi connectivity index (χ0n) is 18.6. The molecular weight excluding hydrogens is 427 g/mol. The molecule has 0 aromatic carbocycles. The maximum Gasteiger partial charge on any atom is 0.416 e. The van der Waals surface area contributed by atoms with Crippen molar-refractivity contribution in [2.75, 3.05) is 24.8 Å². The number of aromatic nitrogens is 5. The largest absolute Gasteiger partial charge is 0.441 e. The van der Waals surface area contributed by atoms with Crippen LogP contribution in [0.3, 0.4) is 0 Å². The van der Waals surface area contributed by atoms with E-state index < -0.39 is 18.8 Å². The molecule has 32 heavy (non-hydrogen) atoms. The molecule has 0 bridgehead atoms. The Hall–Kier alpha value is -2.80. The summed E-state index contributed by atoms with van der Waals surface area (Å²) in [7, 11) is -2.50. The van der Waals surface area contributed by atoms with Crippen LogP contribution in [-0.2, 0) is 15.8 Å². The predicted octanol–water partition coefficient (Wildman–Crippen LogP) is 3.45. The monoisotopic (exact) mass is 454 g/mol. The van der Waals surface area contributed by atoms with E-state index in [9.17, 15) is 9.36 Å². The van der Waals surface area contributed by atoms with E-state index in [0.717, 1.165) is 43.1 Å². The Bertz CT molecular complexity index is 1220. The third-order valence-corrected chi connectivity index (χ3v) is 7.90. The fraction of sp³-hybridized carbons (Fsp3) is 0.500. The molecule has 1 amide bonds. The Kier molecular flexibility index (Phi) is 4.85. The van der Waals surface area contributed by atoms with Crippen molar-refractivity contribution in [2.45, 2.75) is 44.8 Å². The number of pyridine rings is 1. The summed E-state index contributed by atoms with van der Waals surface area (Å²) in [6.45, 7) is 6.71. The lowest BCUT2D eigenvalue weighted by atomic mass is 9.68. The molecule has 3 aromatic rings. The van der Waals surface area contributed by atoms with Crippen LogP contribution in [0.15, 0.2) is 37.1 Å². The molecule has 1 saturated heterocycles. The Morgan fingerprint density at radius 2 is 2.00 bits per heavy atom. The maximum atomic E-state index is 12.8. The van der Waals surface area contributed by atoms with Gasteiger partial charge in [0.15, 0.2) is 5.82 Å². The van der Waals surface area contributed by atoms with Gasteiger partial charge in [-0.25, -0.2) is 14.8 Å². The van der Waals surface area contributed by atoms with Crippen LogP contribution in [-0.4, -0.2) is 56.3 Å². The van der Waals surface area contributed by atoms with E-state index in [1.54, 1.807) is 24.4 Å². The number of ether oxygens (including phenoxy) is 1. The first-order valence-electron chi connectivity index (χ1n) is 10.8. The molecule has 1 spiro atoms. The van der Waals surface area contributed by atoms with Crippen molar-refractivity contribution >= 4 is 35.4 Å². The van der Waals surface area contributed by atoms with Gasteiger partial charge in [-0.1, -0.05) is 6.92 Å². The van der Waals surface area contributed by atoms with Gasteiger partial charge in [0, 0.05) is 18.1 Å². The molecule has 5 rings (SSSR count). The summed E-state index contributed by atoms with van der Waals surface area (Å²) in [5.41, 5.74) is 0.833. The van der Waals surface area contributed by atoms with Crippen LogP contribution in [0.25, 0.3) is 10.9 Å². The standard InChI is InChI=1S/C22H27N6O3P/c1-21(14-28-17-10-23-8-5-16(17)9-26-28)6-4-7-22(13-21)15-27(20(29)31-22)18-11-25-19(12-24-18)32(2,3)30/h5,8-12H,4,6-7,13-15H2,1-3H3/t21-,22+/m0/s1. The van der Waals surface area contributed by atoms with Crippen LogP contribution >= 0.6 is 7.14 Å². The minimum Gasteiger partial charge on any atom is -0.441 e. The molecule has 0 unspecified atom stereocenters. The van der Waals surface area contributed by atoms with E-state index >= 15 is 0 Å². The normalized spacial score (nSPS) is 26.1. The average molecular weight is 454 g/mol. The number of rotatable bonds is 4. The Labute approximate surface area is 186 Å². The van der Waals surface area contributed by atoms with Crippen molar-refractivity contribution in [3.63, 3.8) is 0 Å². The summed E-state index contributed by atoms with van der Waals surface area (Å²) in [4.78, 5) is 27.2. The van der Waals surface area contributed by atoms with Gasteiger partial charge in [-0.05, 0) is 50.5 Å². The van der Waals surface area contributed by atoms with Crippen molar-refractivity contribution < 1.29 is 14.1 Å². The number of fused-ring (bicyclic) bond motifs is 1. The van der Waals surface area contributed by atoms with Crippen molar-refractivity contribution in [1.82, 2.24) is 24.7 Å². The van der Waals surface area contributed by atoms with Crippen LogP contribution in [0, 0.1) is 5.41 Å². The lowest BCUT2D eigenvalue weighted by molar-refractivity contribution is -0.0274. The first-order valence-corrected chi connectivity index (χ1v) is 13.4. The zero-order chi connectivity index (χ0) is 22.6. The number of nitrogens with zero attached hydrogens (tertiary/aromatic N) is 6. The second kappa shape index (κ2) is 7.37. The molecule has 10 heteroatoms. The van der Waals surface area contributed by atoms with E-state index in [1.165, 1.54) is 12.4 Å². The third-order valence-electron chi connectivity index (χ3n) is 6.56. The lowest BCUT2D eigenvalue weighted by Gasteiger charge is -2.42. The van der Waals surface area contributed by atoms with Gasteiger partial charge in [0.25, 0.3) is 0 Å². The van der Waals surface area contributed by atoms with Crippen molar-refractivity contribution in [3.8, 4) is 0 Å². The molecule has 1 aliphatic heterocycles. The van der Waals surface area contributed by atoms with Gasteiger partial charge in [0.1, 0.15) is 18.2 Å². The molecule has 2 aliphatic rings. The molecule has 9 nitrogen and oxygen atoms in total. The third kappa shape index (κ3) is 3.79. The summed E-state index contributed by atoms with van der Waals surface area (Å²) < 4.78 is 20.2. The van der Waals surface area contributed by atoms with Gasteiger partial charge in [0.05, 0.1) is 36.8 Å². The van der Waals surface area contributed by atoms with Crippen LogP contribution in [0.1, 0.15) is 32.6 Å². The molecule has 2 fully saturated rings. The SMILES string of the molecule is C[C@]1(Cn2ncc3ccncc32)CCC[C@]2(CN(c3cnc(P(C)(C)=O)cn3)C(=O)O2)C1. The highest BCUT2D eigenvalue weighted by atomic mass is 31.2. The van der Waals surface area contributed by atoms with E-state index in [4.69, 9.17) is 4.74 Å². The van der Waals surface area contributed by atoms with E-state index in [-0.39, 0.29) is 5.41 Å². The Morgan fingerprint density at radius 1 is 1.16 bits per heavy atom. The topological polar surface area (TPSA) is 103 Å². The van der Waals surface area contributed by atoms with Gasteiger partial charge in [-0.2, -0.15) is 5.10 Å². The molecule has 1 saturated carbocycles. The minimum atomic E-state index is -2.50. The van der Waals surface area contributed by atoms with Gasteiger partial charge >= 0.3 is 6.09 Å². The zero-order valence-corrected chi connectivity index (χ0v) is 19.5. The highest BCUT2D eigenvalue weighted by Crippen LogP contribution is 2.47. The van der Waals surface area contributed by atoms with Gasteiger partial charge < -0.3 is 9.30 Å². The van der Waals surface area contributed by atoms with E-state index in [2.05, 4.69) is 27.0 Å². The molecular formula is C22H27N6O3P. The summed E-state index contributed by atoms with van der Waals surface area (Å²) >= 11 is 0. The molecule has 1 aliphatic carbocycles. The molecule has 4 heterocycles. The number of carbonyl (C=O) groups excluding carboxylic acids is 1. The second-order valence-electron chi connectivity index (χ2n) is 9.80. The maximum absolute atomic E-state index is 12.8. The van der Waals surface area contributed by atoms with E-state index in [0.29, 0.717) is 17.8 Å². The number of amides is 1. The highest BCUT2D eigenvalue weighted by Gasteiger charge is 2.52. The van der Waals surface area contributed by atoms with Crippen LogP contribution < -0.4 is 10.3 Å². The first kappa shape index (κ1) is 21.1. The van der Waals surface area contributed by atoms with Crippen LogP contribution in [0.5, 0.6) is 0 Å². The number of carbonyl (C=O) groups is 1. The fourth-order valence-corrected chi connectivity index (χ4v) is 5.76. The fourth-order valence-electron chi connectivity index (χ4n) is 5.08. The van der Waals surface area contributed by atoms with Crippen molar-refractivity contribution in [3.05, 3.63) is 37.1 Å². The molecule has 0 radical (unpaired) electrons.